The number of carbonyl (C=O) groups excluding carboxylic acids is 3. The lowest BCUT2D eigenvalue weighted by Crippen LogP contribution is -2.58. The number of nitrogens with zero attached hydrogens (tertiary/aromatic N) is 4. The van der Waals surface area contributed by atoms with Crippen molar-refractivity contribution < 1.29 is 42.5 Å². The van der Waals surface area contributed by atoms with Gasteiger partial charge >= 0.3 is 0 Å². The van der Waals surface area contributed by atoms with E-state index in [1.165, 1.54) is 16.5 Å². The molecule has 58 heavy (non-hydrogen) atoms. The monoisotopic (exact) mass is 817 g/mol. The van der Waals surface area contributed by atoms with Gasteiger partial charge in [-0.05, 0) is 65.4 Å². The molecule has 0 saturated carbocycles. The predicted molar refractivity (Wildman–Crippen MR) is 211 cm³/mol. The minimum atomic E-state index is -2.71. The number of rotatable bonds is 12. The van der Waals surface area contributed by atoms with Gasteiger partial charge in [-0.15, -0.1) is 21.5 Å². The van der Waals surface area contributed by atoms with Crippen molar-refractivity contribution in [1.82, 2.24) is 30.7 Å². The summed E-state index contributed by atoms with van der Waals surface area (Å²) in [6.07, 6.45) is -3.69. The molecule has 17 heteroatoms. The van der Waals surface area contributed by atoms with Crippen LogP contribution in [-0.2, 0) is 14.4 Å². The van der Waals surface area contributed by atoms with Crippen LogP contribution in [0.3, 0.4) is 0 Å². The highest BCUT2D eigenvalue weighted by Crippen LogP contribution is 2.35. The highest BCUT2D eigenvalue weighted by atomic mass is 32.1. The van der Waals surface area contributed by atoms with Crippen molar-refractivity contribution in [3.63, 3.8) is 0 Å². The Bertz CT molecular complexity index is 2290. The number of phenolic OH excluding ortho intramolecular Hbond substituents is 1. The lowest BCUT2D eigenvalue weighted by molar-refractivity contribution is -0.144. The van der Waals surface area contributed by atoms with Gasteiger partial charge in [0.05, 0.1) is 28.2 Å². The number of phenols is 1. The van der Waals surface area contributed by atoms with Crippen LogP contribution in [0.5, 0.6) is 11.5 Å². The summed E-state index contributed by atoms with van der Waals surface area (Å²) in [5.41, 5.74) is 9.03. The third-order valence-corrected chi connectivity index (χ3v) is 10.6. The highest BCUT2D eigenvalue weighted by Gasteiger charge is 2.44. The van der Waals surface area contributed by atoms with Crippen LogP contribution in [0.4, 0.5) is 19.0 Å². The van der Waals surface area contributed by atoms with Crippen LogP contribution >= 0.6 is 11.3 Å². The Morgan fingerprint density at radius 1 is 0.983 bits per heavy atom. The van der Waals surface area contributed by atoms with Crippen molar-refractivity contribution in [3.05, 3.63) is 95.4 Å². The van der Waals surface area contributed by atoms with Crippen LogP contribution in [-0.4, -0.2) is 79.4 Å². The quantitative estimate of drug-likeness (QED) is 0.0991. The number of amides is 3. The summed E-state index contributed by atoms with van der Waals surface area (Å²) >= 11 is 1.11. The van der Waals surface area contributed by atoms with Gasteiger partial charge in [0, 0.05) is 24.1 Å². The molecule has 13 nitrogen and oxygen atoms in total. The zero-order valence-corrected chi connectivity index (χ0v) is 32.8. The van der Waals surface area contributed by atoms with Crippen LogP contribution in [0.1, 0.15) is 57.8 Å². The van der Waals surface area contributed by atoms with E-state index in [-0.39, 0.29) is 41.5 Å². The third kappa shape index (κ3) is 9.37. The first-order valence-corrected chi connectivity index (χ1v) is 19.1. The number of aliphatic hydroxyl groups excluding tert-OH is 1. The molecule has 0 radical (unpaired) electrons. The molecule has 4 atom stereocenters. The number of hydrogen-bond donors (Lipinski definition) is 5. The first kappa shape index (κ1) is 41.6. The number of aromatic hydroxyl groups is 1. The van der Waals surface area contributed by atoms with Gasteiger partial charge in [-0.1, -0.05) is 57.2 Å². The van der Waals surface area contributed by atoms with E-state index in [9.17, 15) is 37.8 Å². The fourth-order valence-corrected chi connectivity index (χ4v) is 7.43. The molecule has 1 fully saturated rings. The molecule has 3 aromatic carbocycles. The standard InChI is InChI=1S/C41H42F3N7O6S/c1-21(22-5-7-24(8-6-22)35-34(37(43)44)46-20-58-35)47-39(55)31-16-26(52)18-51(31)40(56)36(41(2,3)4)48-33(54)19-57-27-12-9-23(10-13-27)28-17-30(49-50-38(28)45)29-15-25(42)11-14-32(29)53/h5-15,17,20-21,26,31,36-37,52-53H,16,18-19H2,1-4H3,(H2,45,50)(H,47,55)(H,48,54)/t21-,26+,31-,36?/m0/s1. The summed E-state index contributed by atoms with van der Waals surface area (Å²) in [6, 6.07) is 15.7. The third-order valence-electron chi connectivity index (χ3n) is 9.71. The van der Waals surface area contributed by atoms with Crippen LogP contribution in [0, 0.1) is 11.2 Å². The first-order chi connectivity index (χ1) is 27.5. The average molecular weight is 818 g/mol. The number of β-amino-alcohol motifs (C(OH)–C–C–N with tert-alkyl or cyclic N) is 1. The molecule has 1 aliphatic heterocycles. The Morgan fingerprint density at radius 3 is 2.34 bits per heavy atom. The van der Waals surface area contributed by atoms with E-state index in [4.69, 9.17) is 10.5 Å². The number of halogens is 3. The fourth-order valence-electron chi connectivity index (χ4n) is 6.62. The van der Waals surface area contributed by atoms with E-state index in [0.717, 1.165) is 23.5 Å². The minimum absolute atomic E-state index is 0.00920. The molecular weight excluding hydrogens is 776 g/mol. The molecule has 6 rings (SSSR count). The molecule has 0 bridgehead atoms. The van der Waals surface area contributed by atoms with E-state index in [1.54, 1.807) is 82.3 Å². The Labute approximate surface area is 336 Å². The predicted octanol–water partition coefficient (Wildman–Crippen LogP) is 6.05. The second-order valence-electron chi connectivity index (χ2n) is 15.0. The van der Waals surface area contributed by atoms with Gasteiger partial charge in [-0.2, -0.15) is 0 Å². The van der Waals surface area contributed by atoms with Crippen LogP contribution in [0.15, 0.2) is 78.3 Å². The largest absolute Gasteiger partial charge is 0.507 e. The lowest BCUT2D eigenvalue weighted by atomic mass is 9.85. The van der Waals surface area contributed by atoms with Crippen molar-refractivity contribution in [3.8, 4) is 44.3 Å². The van der Waals surface area contributed by atoms with E-state index >= 15 is 0 Å². The van der Waals surface area contributed by atoms with Crippen LogP contribution in [0.25, 0.3) is 32.8 Å². The number of nitrogen functional groups attached to an aromatic ring is 1. The second-order valence-corrected chi connectivity index (χ2v) is 15.8. The summed E-state index contributed by atoms with van der Waals surface area (Å²) in [6.45, 7) is 6.47. The van der Waals surface area contributed by atoms with Crippen LogP contribution in [0.2, 0.25) is 0 Å². The molecular formula is C41H42F3N7O6S. The topological polar surface area (TPSA) is 193 Å². The Balaban J connectivity index is 1.08. The molecule has 3 amide bonds. The molecule has 0 spiro atoms. The van der Waals surface area contributed by atoms with Crippen molar-refractivity contribution in [2.75, 3.05) is 18.9 Å². The van der Waals surface area contributed by atoms with E-state index in [1.807, 2.05) is 0 Å². The summed E-state index contributed by atoms with van der Waals surface area (Å²) in [5, 5.41) is 34.4. The number of ether oxygens (including phenoxy) is 1. The van der Waals surface area contributed by atoms with Gasteiger partial charge in [0.2, 0.25) is 11.8 Å². The molecule has 0 aliphatic carbocycles. The zero-order chi connectivity index (χ0) is 41.9. The zero-order valence-electron chi connectivity index (χ0n) is 31.9. The number of nitrogens with two attached hydrogens (primary N) is 1. The number of thiazole rings is 1. The summed E-state index contributed by atoms with van der Waals surface area (Å²) in [7, 11) is 0. The van der Waals surface area contributed by atoms with E-state index < -0.39 is 66.2 Å². The van der Waals surface area contributed by atoms with Crippen molar-refractivity contribution >= 4 is 34.9 Å². The van der Waals surface area contributed by atoms with Gasteiger partial charge < -0.3 is 36.2 Å². The smallest absolute Gasteiger partial charge is 0.281 e. The maximum Gasteiger partial charge on any atom is 0.281 e. The Kier molecular flexibility index (Phi) is 12.3. The normalized spacial score (nSPS) is 16.5. The lowest BCUT2D eigenvalue weighted by Gasteiger charge is -2.35. The fraction of sp³-hybridized carbons (Fsp3) is 0.317. The Morgan fingerprint density at radius 2 is 1.67 bits per heavy atom. The highest BCUT2D eigenvalue weighted by molar-refractivity contribution is 7.13. The van der Waals surface area contributed by atoms with E-state index in [2.05, 4.69) is 25.8 Å². The number of nitrogens with one attached hydrogen (secondary N) is 2. The Hall–Kier alpha value is -6.07. The second kappa shape index (κ2) is 17.2. The molecule has 1 unspecified atom stereocenters. The van der Waals surface area contributed by atoms with Crippen LogP contribution < -0.4 is 21.1 Å². The number of benzene rings is 3. The number of aromatic nitrogens is 3. The number of likely N-dealkylation sites (tertiary alicyclic amines) is 1. The first-order valence-electron chi connectivity index (χ1n) is 18.3. The number of carbonyl (C=O) groups is 3. The number of alkyl halides is 2. The summed E-state index contributed by atoms with van der Waals surface area (Å²) in [5.74, 6) is -1.97. The molecule has 304 valence electrons. The summed E-state index contributed by atoms with van der Waals surface area (Å²) in [4.78, 5) is 46.3. The molecule has 1 aliphatic rings. The molecule has 3 heterocycles. The number of anilines is 1. The molecule has 1 saturated heterocycles. The SMILES string of the molecule is C[C@H](NC(=O)[C@@H]1C[C@@H](O)CN1C(=O)C(NC(=O)COc1ccc(-c2cc(-c3cc(F)ccc3O)nnc2N)cc1)C(C)(C)C)c1ccc(-c2scnc2C(F)F)cc1. The number of aliphatic hydroxyl groups is 1. The molecule has 2 aromatic heterocycles. The van der Waals surface area contributed by atoms with Gasteiger partial charge in [-0.3, -0.25) is 14.4 Å². The van der Waals surface area contributed by atoms with Crippen molar-refractivity contribution in [2.45, 2.75) is 64.8 Å². The minimum Gasteiger partial charge on any atom is -0.507 e. The molecule has 6 N–H and O–H groups in total. The van der Waals surface area contributed by atoms with Gasteiger partial charge in [0.25, 0.3) is 12.3 Å². The van der Waals surface area contributed by atoms with Gasteiger partial charge in [0.15, 0.2) is 12.4 Å². The van der Waals surface area contributed by atoms with Crippen molar-refractivity contribution in [2.24, 2.45) is 5.41 Å². The average Bonchev–Trinajstić information content (AvgIpc) is 3.85. The summed E-state index contributed by atoms with van der Waals surface area (Å²) < 4.78 is 46.3. The number of hydrogen-bond acceptors (Lipinski definition) is 11. The van der Waals surface area contributed by atoms with Gasteiger partial charge in [0.1, 0.15) is 35.1 Å². The maximum absolute atomic E-state index is 14.1. The van der Waals surface area contributed by atoms with Crippen molar-refractivity contribution in [1.29, 1.82) is 0 Å². The molecule has 5 aromatic rings. The maximum atomic E-state index is 14.1. The van der Waals surface area contributed by atoms with Gasteiger partial charge in [-0.25, -0.2) is 18.2 Å². The van der Waals surface area contributed by atoms with E-state index in [0.29, 0.717) is 32.9 Å².